The van der Waals surface area contributed by atoms with Crippen LogP contribution in [-0.4, -0.2) is 11.0 Å². The molecule has 1 nitrogen and oxygen atoms in total. The van der Waals surface area contributed by atoms with E-state index in [4.69, 9.17) is 11.6 Å². The van der Waals surface area contributed by atoms with Gasteiger partial charge >= 0.3 is 0 Å². The molecule has 0 aliphatic heterocycles. The summed E-state index contributed by atoms with van der Waals surface area (Å²) in [6, 6.07) is 0. The smallest absolute Gasteiger partial charge is 0.114 e. The summed E-state index contributed by atoms with van der Waals surface area (Å²) in [6.45, 7) is 4.85. The van der Waals surface area contributed by atoms with Crippen LogP contribution in [0.2, 0.25) is 0 Å². The van der Waals surface area contributed by atoms with Gasteiger partial charge in [0.05, 0.1) is 5.38 Å². The zero-order valence-electron chi connectivity index (χ0n) is 4.86. The molecule has 0 heterocycles. The van der Waals surface area contributed by atoms with Gasteiger partial charge in [0.15, 0.2) is 0 Å². The van der Waals surface area contributed by atoms with Crippen molar-refractivity contribution in [3.63, 3.8) is 0 Å². The second kappa shape index (κ2) is 2.01. The van der Waals surface area contributed by atoms with E-state index in [-0.39, 0.29) is 5.38 Å². The Morgan fingerprint density at radius 1 is 1.57 bits per heavy atom. The van der Waals surface area contributed by atoms with Crippen molar-refractivity contribution >= 4 is 11.6 Å². The summed E-state index contributed by atoms with van der Waals surface area (Å²) in [7, 11) is 0. The van der Waals surface area contributed by atoms with E-state index in [1.807, 2.05) is 0 Å². The molecule has 43 valence electrons. The Hall–Kier alpha value is 0.250. The average Bonchev–Trinajstić information content (AvgIpc) is 1.31. The van der Waals surface area contributed by atoms with Crippen LogP contribution in [0.5, 0.6) is 0 Å². The molecule has 0 aromatic carbocycles. The van der Waals surface area contributed by atoms with Crippen molar-refractivity contribution in [3.05, 3.63) is 0 Å². The Kier molecular flexibility index (Phi) is 2.09. The molecule has 0 fully saturated rings. The molecule has 1 radical (unpaired) electrons. The molecule has 0 saturated heterocycles. The Labute approximate surface area is 49.3 Å². The Morgan fingerprint density at radius 2 is 1.71 bits per heavy atom. The lowest BCUT2D eigenvalue weighted by Crippen LogP contribution is -2.26. The van der Waals surface area contributed by atoms with Crippen LogP contribution >= 0.6 is 11.6 Å². The topological polar surface area (TPSA) is 19.9 Å². The van der Waals surface area contributed by atoms with Crippen molar-refractivity contribution in [1.82, 2.24) is 0 Å². The van der Waals surface area contributed by atoms with Gasteiger partial charge in [-0.15, -0.1) is 11.6 Å². The molecule has 2 heteroatoms. The molecule has 0 N–H and O–H groups in total. The highest BCUT2D eigenvalue weighted by Crippen LogP contribution is 2.13. The molecular weight excluding hydrogens is 112 g/mol. The van der Waals surface area contributed by atoms with Gasteiger partial charge in [-0.05, 0) is 20.8 Å². The van der Waals surface area contributed by atoms with Crippen LogP contribution in [0.4, 0.5) is 0 Å². The average molecular weight is 122 g/mol. The van der Waals surface area contributed by atoms with E-state index in [2.05, 4.69) is 0 Å². The highest BCUT2D eigenvalue weighted by molar-refractivity contribution is 6.21. The Bertz CT molecular complexity index is 53.6. The molecule has 0 saturated carbocycles. The van der Waals surface area contributed by atoms with Crippen LogP contribution in [0, 0.1) is 0 Å². The van der Waals surface area contributed by atoms with E-state index in [1.54, 1.807) is 20.8 Å². The lowest BCUT2D eigenvalue weighted by molar-refractivity contribution is 0.00447. The zero-order valence-corrected chi connectivity index (χ0v) is 5.62. The van der Waals surface area contributed by atoms with Crippen LogP contribution in [0.3, 0.4) is 0 Å². The molecule has 0 aromatic rings. The van der Waals surface area contributed by atoms with Crippen LogP contribution in [-0.2, 0) is 5.11 Å². The molecule has 0 aliphatic carbocycles. The molecule has 0 aliphatic rings. The van der Waals surface area contributed by atoms with Gasteiger partial charge < -0.3 is 0 Å². The van der Waals surface area contributed by atoms with Gasteiger partial charge in [0.25, 0.3) is 0 Å². The van der Waals surface area contributed by atoms with Gasteiger partial charge in [0.2, 0.25) is 0 Å². The normalized spacial score (nSPS) is 16.7. The SMILES string of the molecule is CC(Cl)C(C)(C)[O]. The molecule has 1 unspecified atom stereocenters. The minimum Gasteiger partial charge on any atom is -0.228 e. The molecule has 0 spiro atoms. The van der Waals surface area contributed by atoms with E-state index in [0.29, 0.717) is 0 Å². The molecule has 7 heavy (non-hydrogen) atoms. The zero-order chi connectivity index (χ0) is 6.08. The summed E-state index contributed by atoms with van der Waals surface area (Å²) in [5.74, 6) is 0. The summed E-state index contributed by atoms with van der Waals surface area (Å²) in [4.78, 5) is 0. The molecular formula is C5H10ClO. The summed E-state index contributed by atoms with van der Waals surface area (Å²) in [5, 5.41) is 10.4. The number of halogens is 1. The molecule has 0 aromatic heterocycles. The van der Waals surface area contributed by atoms with Gasteiger partial charge in [-0.1, -0.05) is 0 Å². The number of alkyl halides is 1. The first kappa shape index (κ1) is 7.25. The van der Waals surface area contributed by atoms with E-state index < -0.39 is 5.60 Å². The first-order valence-corrected chi connectivity index (χ1v) is 2.72. The van der Waals surface area contributed by atoms with E-state index >= 15 is 0 Å². The maximum Gasteiger partial charge on any atom is 0.114 e. The summed E-state index contributed by atoms with van der Waals surface area (Å²) in [5.41, 5.74) is -0.985. The number of rotatable bonds is 1. The van der Waals surface area contributed by atoms with Crippen molar-refractivity contribution in [2.45, 2.75) is 31.7 Å². The minimum atomic E-state index is -0.985. The molecule has 0 bridgehead atoms. The Morgan fingerprint density at radius 3 is 1.71 bits per heavy atom. The summed E-state index contributed by atoms with van der Waals surface area (Å²) in [6.07, 6.45) is 0. The van der Waals surface area contributed by atoms with Crippen molar-refractivity contribution < 1.29 is 5.11 Å². The van der Waals surface area contributed by atoms with Gasteiger partial charge in [0, 0.05) is 0 Å². The standard InChI is InChI=1S/C5H10ClO/c1-4(6)5(2,3)7/h4H,1-3H3. The second-order valence-corrected chi connectivity index (χ2v) is 2.87. The molecule has 0 amide bonds. The first-order valence-electron chi connectivity index (χ1n) is 2.29. The maximum absolute atomic E-state index is 10.7. The molecule has 0 rings (SSSR count). The highest BCUT2D eigenvalue weighted by Gasteiger charge is 2.21. The van der Waals surface area contributed by atoms with Gasteiger partial charge in [-0.2, -0.15) is 0 Å². The lowest BCUT2D eigenvalue weighted by atomic mass is 10.1. The predicted molar refractivity (Wildman–Crippen MR) is 30.1 cm³/mol. The van der Waals surface area contributed by atoms with Crippen molar-refractivity contribution in [2.24, 2.45) is 0 Å². The van der Waals surface area contributed by atoms with Crippen molar-refractivity contribution in [1.29, 1.82) is 0 Å². The van der Waals surface area contributed by atoms with Crippen molar-refractivity contribution in [2.75, 3.05) is 0 Å². The lowest BCUT2D eigenvalue weighted by Gasteiger charge is -2.15. The number of hydrogen-bond acceptors (Lipinski definition) is 0. The quantitative estimate of drug-likeness (QED) is 0.472. The van der Waals surface area contributed by atoms with Crippen LogP contribution in [0.15, 0.2) is 0 Å². The third-order valence-electron chi connectivity index (χ3n) is 0.958. The third kappa shape index (κ3) is 2.89. The van der Waals surface area contributed by atoms with Gasteiger partial charge in [-0.3, -0.25) is 0 Å². The van der Waals surface area contributed by atoms with E-state index in [9.17, 15) is 5.11 Å². The van der Waals surface area contributed by atoms with Crippen LogP contribution in [0.25, 0.3) is 0 Å². The third-order valence-corrected chi connectivity index (χ3v) is 1.48. The fourth-order valence-electron chi connectivity index (χ4n) is 0. The van der Waals surface area contributed by atoms with E-state index in [0.717, 1.165) is 0 Å². The largest absolute Gasteiger partial charge is 0.228 e. The minimum absolute atomic E-state index is 0.285. The first-order chi connectivity index (χ1) is 2.94. The van der Waals surface area contributed by atoms with Gasteiger partial charge in [0.1, 0.15) is 5.60 Å². The monoisotopic (exact) mass is 121 g/mol. The highest BCUT2D eigenvalue weighted by atomic mass is 35.5. The summed E-state index contributed by atoms with van der Waals surface area (Å²) < 4.78 is 0. The fourth-order valence-corrected chi connectivity index (χ4v) is 0. The van der Waals surface area contributed by atoms with E-state index in [1.165, 1.54) is 0 Å². The van der Waals surface area contributed by atoms with Crippen LogP contribution < -0.4 is 0 Å². The van der Waals surface area contributed by atoms with Gasteiger partial charge in [-0.25, -0.2) is 5.11 Å². The maximum atomic E-state index is 10.7. The predicted octanol–water partition coefficient (Wildman–Crippen LogP) is 1.82. The van der Waals surface area contributed by atoms with Crippen LogP contribution in [0.1, 0.15) is 20.8 Å². The summed E-state index contributed by atoms with van der Waals surface area (Å²) >= 11 is 5.44. The van der Waals surface area contributed by atoms with Crippen molar-refractivity contribution in [3.8, 4) is 0 Å². The fraction of sp³-hybridized carbons (Fsp3) is 1.00. The second-order valence-electron chi connectivity index (χ2n) is 2.22. The molecule has 1 atom stereocenters. The number of hydrogen-bond donors (Lipinski definition) is 0. The Balaban J connectivity index is 3.54.